The van der Waals surface area contributed by atoms with Crippen molar-refractivity contribution in [2.45, 2.75) is 33.7 Å². The van der Waals surface area contributed by atoms with Crippen molar-refractivity contribution < 1.29 is 4.79 Å². The van der Waals surface area contributed by atoms with Gasteiger partial charge >= 0.3 is 0 Å². The van der Waals surface area contributed by atoms with E-state index in [1.807, 2.05) is 19.9 Å². The molecule has 114 valence electrons. The van der Waals surface area contributed by atoms with Crippen LogP contribution in [0.4, 0.5) is 5.69 Å². The topological polar surface area (TPSA) is 41.1 Å². The molecule has 0 radical (unpaired) electrons. The molecule has 0 unspecified atom stereocenters. The Bertz CT molecular complexity index is 711. The van der Waals surface area contributed by atoms with Gasteiger partial charge in [0.15, 0.2) is 0 Å². The summed E-state index contributed by atoms with van der Waals surface area (Å²) in [5, 5.41) is 6.41. The molecule has 0 fully saturated rings. The lowest BCUT2D eigenvalue weighted by Crippen LogP contribution is -2.24. The Hall–Kier alpha value is -2.13. The summed E-state index contributed by atoms with van der Waals surface area (Å²) in [6.07, 6.45) is 1.06. The lowest BCUT2D eigenvalue weighted by molar-refractivity contribution is 0.102. The second kappa shape index (κ2) is 5.93. The molecule has 22 heavy (non-hydrogen) atoms. The Kier molecular flexibility index (Phi) is 3.99. The molecule has 0 atom stereocenters. The van der Waals surface area contributed by atoms with Gasteiger partial charge in [0.2, 0.25) is 0 Å². The van der Waals surface area contributed by atoms with Gasteiger partial charge in [-0.2, -0.15) is 0 Å². The smallest absolute Gasteiger partial charge is 0.256 e. The van der Waals surface area contributed by atoms with Crippen molar-refractivity contribution in [3.63, 3.8) is 0 Å². The maximum atomic E-state index is 12.6. The van der Waals surface area contributed by atoms with Gasteiger partial charge < -0.3 is 10.6 Å². The predicted molar refractivity (Wildman–Crippen MR) is 90.5 cm³/mol. The van der Waals surface area contributed by atoms with Gasteiger partial charge in [-0.15, -0.1) is 0 Å². The van der Waals surface area contributed by atoms with Crippen LogP contribution in [0.3, 0.4) is 0 Å². The summed E-state index contributed by atoms with van der Waals surface area (Å²) in [4.78, 5) is 12.6. The summed E-state index contributed by atoms with van der Waals surface area (Å²) in [7, 11) is 0. The van der Waals surface area contributed by atoms with E-state index < -0.39 is 0 Å². The first-order valence-corrected chi connectivity index (χ1v) is 7.76. The van der Waals surface area contributed by atoms with Crippen molar-refractivity contribution in [1.29, 1.82) is 0 Å². The third kappa shape index (κ3) is 2.90. The van der Waals surface area contributed by atoms with Crippen molar-refractivity contribution >= 4 is 11.6 Å². The van der Waals surface area contributed by atoms with Crippen LogP contribution in [0.25, 0.3) is 0 Å². The Morgan fingerprint density at radius 3 is 2.50 bits per heavy atom. The number of hydrogen-bond acceptors (Lipinski definition) is 2. The number of amides is 1. The number of anilines is 1. The number of carbonyl (C=O) groups is 1. The Labute approximate surface area is 131 Å². The van der Waals surface area contributed by atoms with Crippen LogP contribution in [0.15, 0.2) is 30.3 Å². The number of nitrogens with one attached hydrogen (secondary N) is 2. The molecule has 3 rings (SSSR count). The van der Waals surface area contributed by atoms with Gasteiger partial charge in [-0.1, -0.05) is 23.8 Å². The minimum absolute atomic E-state index is 0.0290. The van der Waals surface area contributed by atoms with E-state index in [2.05, 4.69) is 41.8 Å². The van der Waals surface area contributed by atoms with Crippen LogP contribution in [0.1, 0.15) is 38.2 Å². The lowest BCUT2D eigenvalue weighted by atomic mass is 9.98. The Morgan fingerprint density at radius 2 is 1.77 bits per heavy atom. The highest BCUT2D eigenvalue weighted by atomic mass is 16.1. The average molecular weight is 294 g/mol. The van der Waals surface area contributed by atoms with E-state index in [9.17, 15) is 4.79 Å². The maximum Gasteiger partial charge on any atom is 0.256 e. The molecular weight excluding hydrogens is 272 g/mol. The zero-order valence-corrected chi connectivity index (χ0v) is 13.4. The first-order valence-electron chi connectivity index (χ1n) is 7.76. The Balaban J connectivity index is 1.86. The first-order chi connectivity index (χ1) is 10.5. The molecule has 0 aliphatic carbocycles. The quantitative estimate of drug-likeness (QED) is 0.890. The molecule has 0 spiro atoms. The summed E-state index contributed by atoms with van der Waals surface area (Å²) in [5.74, 6) is -0.0290. The molecule has 0 aromatic heterocycles. The maximum absolute atomic E-state index is 12.6. The zero-order valence-electron chi connectivity index (χ0n) is 13.4. The van der Waals surface area contributed by atoms with Crippen molar-refractivity contribution in [1.82, 2.24) is 5.32 Å². The highest BCUT2D eigenvalue weighted by molar-refractivity contribution is 6.06. The van der Waals surface area contributed by atoms with E-state index in [1.165, 1.54) is 16.7 Å². The molecule has 1 aliphatic rings. The standard InChI is InChI=1S/C19H22N2O/c1-12-8-13(2)18(14(3)9-12)19(22)21-17-5-4-15-6-7-20-11-16(15)10-17/h4-5,8-10,20H,6-7,11H2,1-3H3,(H,21,22). The predicted octanol–water partition coefficient (Wildman–Crippen LogP) is 3.51. The van der Waals surface area contributed by atoms with Gasteiger partial charge in [0.1, 0.15) is 0 Å². The van der Waals surface area contributed by atoms with Crippen molar-refractivity contribution in [3.8, 4) is 0 Å². The zero-order chi connectivity index (χ0) is 15.7. The van der Waals surface area contributed by atoms with E-state index in [1.54, 1.807) is 0 Å². The molecule has 1 amide bonds. The molecule has 0 bridgehead atoms. The Morgan fingerprint density at radius 1 is 1.05 bits per heavy atom. The van der Waals surface area contributed by atoms with Crippen LogP contribution in [0.2, 0.25) is 0 Å². The molecule has 0 saturated heterocycles. The van der Waals surface area contributed by atoms with Crippen molar-refractivity contribution in [2.75, 3.05) is 11.9 Å². The van der Waals surface area contributed by atoms with Gasteiger partial charge in [0, 0.05) is 17.8 Å². The summed E-state index contributed by atoms with van der Waals surface area (Å²) >= 11 is 0. The van der Waals surface area contributed by atoms with Crippen LogP contribution in [-0.4, -0.2) is 12.5 Å². The number of aryl methyl sites for hydroxylation is 3. The fourth-order valence-electron chi connectivity index (χ4n) is 3.29. The van der Waals surface area contributed by atoms with Gasteiger partial charge in [0.25, 0.3) is 5.91 Å². The van der Waals surface area contributed by atoms with E-state index >= 15 is 0 Å². The third-order valence-corrected chi connectivity index (χ3v) is 4.25. The van der Waals surface area contributed by atoms with Crippen LogP contribution in [-0.2, 0) is 13.0 Å². The molecule has 3 heteroatoms. The lowest BCUT2D eigenvalue weighted by Gasteiger charge is -2.18. The van der Waals surface area contributed by atoms with Gasteiger partial charge in [0.05, 0.1) is 0 Å². The molecule has 2 aromatic rings. The molecule has 2 N–H and O–H groups in total. The van der Waals surface area contributed by atoms with Crippen LogP contribution >= 0.6 is 0 Å². The van der Waals surface area contributed by atoms with E-state index in [-0.39, 0.29) is 5.91 Å². The van der Waals surface area contributed by atoms with Gasteiger partial charge in [-0.3, -0.25) is 4.79 Å². The fourth-order valence-corrected chi connectivity index (χ4v) is 3.29. The second-order valence-corrected chi connectivity index (χ2v) is 6.14. The second-order valence-electron chi connectivity index (χ2n) is 6.14. The van der Waals surface area contributed by atoms with E-state index in [4.69, 9.17) is 0 Å². The molecule has 0 saturated carbocycles. The highest BCUT2D eigenvalue weighted by Gasteiger charge is 2.14. The van der Waals surface area contributed by atoms with Crippen LogP contribution in [0.5, 0.6) is 0 Å². The van der Waals surface area contributed by atoms with Crippen molar-refractivity contribution in [2.24, 2.45) is 0 Å². The number of rotatable bonds is 2. The van der Waals surface area contributed by atoms with Crippen molar-refractivity contribution in [3.05, 3.63) is 63.7 Å². The normalized spacial score (nSPS) is 13.6. The number of fused-ring (bicyclic) bond motifs is 1. The van der Waals surface area contributed by atoms with Crippen LogP contribution < -0.4 is 10.6 Å². The summed E-state index contributed by atoms with van der Waals surface area (Å²) in [5.41, 5.74) is 7.53. The summed E-state index contributed by atoms with van der Waals surface area (Å²) in [6.45, 7) is 7.94. The fraction of sp³-hybridized carbons (Fsp3) is 0.316. The SMILES string of the molecule is Cc1cc(C)c(C(=O)Nc2ccc3c(c2)CNCC3)c(C)c1. The number of benzene rings is 2. The van der Waals surface area contributed by atoms with E-state index in [0.29, 0.717) is 0 Å². The number of carbonyl (C=O) groups excluding carboxylic acids is 1. The minimum atomic E-state index is -0.0290. The van der Waals surface area contributed by atoms with Gasteiger partial charge in [-0.25, -0.2) is 0 Å². The largest absolute Gasteiger partial charge is 0.322 e. The molecule has 2 aromatic carbocycles. The van der Waals surface area contributed by atoms with Gasteiger partial charge in [-0.05, 0) is 68.1 Å². The highest BCUT2D eigenvalue weighted by Crippen LogP contribution is 2.21. The molecule has 1 heterocycles. The summed E-state index contributed by atoms with van der Waals surface area (Å²) in [6, 6.07) is 10.3. The monoisotopic (exact) mass is 294 g/mol. The molecule has 1 aliphatic heterocycles. The first kappa shape index (κ1) is 14.8. The average Bonchev–Trinajstić information content (AvgIpc) is 2.46. The third-order valence-electron chi connectivity index (χ3n) is 4.25. The summed E-state index contributed by atoms with van der Waals surface area (Å²) < 4.78 is 0. The molecular formula is C19H22N2O. The molecule has 3 nitrogen and oxygen atoms in total. The minimum Gasteiger partial charge on any atom is -0.322 e. The number of hydrogen-bond donors (Lipinski definition) is 2. The van der Waals surface area contributed by atoms with E-state index in [0.717, 1.165) is 41.9 Å². The van der Waals surface area contributed by atoms with Crippen LogP contribution in [0, 0.1) is 20.8 Å².